The third kappa shape index (κ3) is 3.12. The molecule has 0 radical (unpaired) electrons. The number of thiazole rings is 1. The van der Waals surface area contributed by atoms with Gasteiger partial charge in [0.05, 0.1) is 12.6 Å². The molecular weight excluding hydrogens is 186 g/mol. The maximum Gasteiger partial charge on any atom is 0.233 e. The lowest BCUT2D eigenvalue weighted by atomic mass is 10.3. The first-order valence-electron chi connectivity index (χ1n) is 4.07. The number of hydrogen-bond donors (Lipinski definition) is 2. The van der Waals surface area contributed by atoms with Gasteiger partial charge in [-0.3, -0.25) is 10.1 Å². The maximum absolute atomic E-state index is 10.9. The lowest BCUT2D eigenvalue weighted by molar-refractivity contribution is -0.119. The van der Waals surface area contributed by atoms with Crippen LogP contribution < -0.4 is 10.6 Å². The lowest BCUT2D eigenvalue weighted by Crippen LogP contribution is -2.32. The minimum atomic E-state index is -0.0107. The lowest BCUT2D eigenvalue weighted by Gasteiger charge is -2.09. The highest BCUT2D eigenvalue weighted by molar-refractivity contribution is 7.09. The van der Waals surface area contributed by atoms with Gasteiger partial charge in [-0.25, -0.2) is 4.98 Å². The van der Waals surface area contributed by atoms with Gasteiger partial charge in [0.15, 0.2) is 0 Å². The second-order valence-electron chi connectivity index (χ2n) is 2.65. The first-order valence-corrected chi connectivity index (χ1v) is 4.95. The summed E-state index contributed by atoms with van der Waals surface area (Å²) >= 11 is 1.58. The van der Waals surface area contributed by atoms with Crippen molar-refractivity contribution in [2.24, 2.45) is 0 Å². The summed E-state index contributed by atoms with van der Waals surface area (Å²) in [5.41, 5.74) is 0. The van der Waals surface area contributed by atoms with Gasteiger partial charge in [0.2, 0.25) is 5.91 Å². The molecule has 2 N–H and O–H groups in total. The average molecular weight is 199 g/mol. The van der Waals surface area contributed by atoms with E-state index in [1.807, 2.05) is 12.3 Å². The van der Waals surface area contributed by atoms with Crippen molar-refractivity contribution in [3.8, 4) is 0 Å². The van der Waals surface area contributed by atoms with Crippen LogP contribution in [0.15, 0.2) is 11.6 Å². The minimum absolute atomic E-state index is 0.0107. The molecule has 0 fully saturated rings. The molecule has 13 heavy (non-hydrogen) atoms. The molecule has 1 aromatic heterocycles. The van der Waals surface area contributed by atoms with Crippen LogP contribution in [0, 0.1) is 0 Å². The van der Waals surface area contributed by atoms with Crippen molar-refractivity contribution in [1.29, 1.82) is 0 Å². The summed E-state index contributed by atoms with van der Waals surface area (Å²) in [6.45, 7) is 2.32. The Morgan fingerprint density at radius 3 is 3.08 bits per heavy atom. The molecule has 0 spiro atoms. The van der Waals surface area contributed by atoms with E-state index in [0.29, 0.717) is 6.54 Å². The zero-order valence-electron chi connectivity index (χ0n) is 7.70. The number of rotatable bonds is 4. The number of carbonyl (C=O) groups excluding carboxylic acids is 1. The van der Waals surface area contributed by atoms with Gasteiger partial charge >= 0.3 is 0 Å². The molecule has 0 bridgehead atoms. The third-order valence-corrected chi connectivity index (χ3v) is 2.63. The predicted molar refractivity (Wildman–Crippen MR) is 52.6 cm³/mol. The van der Waals surface area contributed by atoms with Crippen LogP contribution >= 0.6 is 11.3 Å². The van der Waals surface area contributed by atoms with Gasteiger partial charge < -0.3 is 5.32 Å². The molecule has 1 aromatic rings. The van der Waals surface area contributed by atoms with E-state index < -0.39 is 0 Å². The summed E-state index contributed by atoms with van der Waals surface area (Å²) in [6.07, 6.45) is 1.76. The molecule has 0 saturated carbocycles. The van der Waals surface area contributed by atoms with E-state index in [1.54, 1.807) is 24.6 Å². The summed E-state index contributed by atoms with van der Waals surface area (Å²) in [5.74, 6) is -0.0107. The number of likely N-dealkylation sites (N-methyl/N-ethyl adjacent to an activating group) is 1. The van der Waals surface area contributed by atoms with Crippen LogP contribution in [0.2, 0.25) is 0 Å². The second-order valence-corrected chi connectivity index (χ2v) is 3.57. The van der Waals surface area contributed by atoms with E-state index in [2.05, 4.69) is 15.6 Å². The van der Waals surface area contributed by atoms with Gasteiger partial charge in [-0.2, -0.15) is 0 Å². The zero-order valence-corrected chi connectivity index (χ0v) is 8.52. The highest BCUT2D eigenvalue weighted by Crippen LogP contribution is 2.13. The SMILES string of the molecule is CNC(=O)CNC(C)c1nccs1. The summed E-state index contributed by atoms with van der Waals surface area (Å²) in [7, 11) is 1.62. The summed E-state index contributed by atoms with van der Waals surface area (Å²) in [6, 6.07) is 0.136. The van der Waals surface area contributed by atoms with Gasteiger partial charge in [-0.1, -0.05) is 0 Å². The first-order chi connectivity index (χ1) is 6.24. The van der Waals surface area contributed by atoms with E-state index >= 15 is 0 Å². The maximum atomic E-state index is 10.9. The Morgan fingerprint density at radius 1 is 1.77 bits per heavy atom. The van der Waals surface area contributed by atoms with Crippen molar-refractivity contribution in [3.05, 3.63) is 16.6 Å². The Hall–Kier alpha value is -0.940. The number of amides is 1. The van der Waals surface area contributed by atoms with Crippen LogP contribution in [0.1, 0.15) is 18.0 Å². The molecular formula is C8H13N3OS. The zero-order chi connectivity index (χ0) is 9.68. The number of nitrogens with one attached hydrogen (secondary N) is 2. The molecule has 1 rings (SSSR count). The van der Waals surface area contributed by atoms with Crippen LogP contribution in [0.3, 0.4) is 0 Å². The molecule has 1 amide bonds. The Labute approximate surface area is 81.4 Å². The van der Waals surface area contributed by atoms with Gasteiger partial charge in [-0.05, 0) is 6.92 Å². The van der Waals surface area contributed by atoms with E-state index in [-0.39, 0.29) is 11.9 Å². The summed E-state index contributed by atoms with van der Waals surface area (Å²) in [4.78, 5) is 15.0. The highest BCUT2D eigenvalue weighted by atomic mass is 32.1. The molecule has 0 aliphatic carbocycles. The Bertz CT molecular complexity index is 260. The molecule has 4 nitrogen and oxygen atoms in total. The number of hydrogen-bond acceptors (Lipinski definition) is 4. The fourth-order valence-electron chi connectivity index (χ4n) is 0.870. The normalized spacial score (nSPS) is 12.5. The summed E-state index contributed by atoms with van der Waals surface area (Å²) < 4.78 is 0. The first kappa shape index (κ1) is 10.1. The molecule has 72 valence electrons. The van der Waals surface area contributed by atoms with E-state index in [9.17, 15) is 4.79 Å². The molecule has 1 atom stereocenters. The molecule has 0 aliphatic rings. The summed E-state index contributed by atoms with van der Waals surface area (Å²) in [5, 5.41) is 8.55. The molecule has 1 unspecified atom stereocenters. The fraction of sp³-hybridized carbons (Fsp3) is 0.500. The molecule has 0 saturated heterocycles. The van der Waals surface area contributed by atoms with Crippen LogP contribution in [0.5, 0.6) is 0 Å². The van der Waals surface area contributed by atoms with E-state index in [4.69, 9.17) is 0 Å². The Morgan fingerprint density at radius 2 is 2.54 bits per heavy atom. The van der Waals surface area contributed by atoms with Crippen LogP contribution in [-0.4, -0.2) is 24.5 Å². The van der Waals surface area contributed by atoms with E-state index in [1.165, 1.54) is 0 Å². The smallest absolute Gasteiger partial charge is 0.233 e. The largest absolute Gasteiger partial charge is 0.358 e. The van der Waals surface area contributed by atoms with Crippen LogP contribution in [0.4, 0.5) is 0 Å². The third-order valence-electron chi connectivity index (χ3n) is 1.67. The molecule has 5 heteroatoms. The Kier molecular flexibility index (Phi) is 3.85. The predicted octanol–water partition coefficient (Wildman–Crippen LogP) is 0.540. The van der Waals surface area contributed by atoms with E-state index in [0.717, 1.165) is 5.01 Å². The standard InChI is InChI=1S/C8H13N3OS/c1-6(8-10-3-4-13-8)11-5-7(12)9-2/h3-4,6,11H,5H2,1-2H3,(H,9,12). The van der Waals surface area contributed by atoms with Crippen molar-refractivity contribution < 1.29 is 4.79 Å². The van der Waals surface area contributed by atoms with Crippen molar-refractivity contribution >= 4 is 17.2 Å². The topological polar surface area (TPSA) is 54.0 Å². The fourth-order valence-corrected chi connectivity index (χ4v) is 1.54. The number of nitrogens with zero attached hydrogens (tertiary/aromatic N) is 1. The monoisotopic (exact) mass is 199 g/mol. The average Bonchev–Trinajstić information content (AvgIpc) is 2.66. The van der Waals surface area contributed by atoms with Crippen LogP contribution in [-0.2, 0) is 4.79 Å². The Balaban J connectivity index is 2.34. The second kappa shape index (κ2) is 4.94. The van der Waals surface area contributed by atoms with Crippen LogP contribution in [0.25, 0.3) is 0 Å². The minimum Gasteiger partial charge on any atom is -0.358 e. The molecule has 0 aliphatic heterocycles. The number of aromatic nitrogens is 1. The molecule has 1 heterocycles. The molecule has 0 aromatic carbocycles. The van der Waals surface area contributed by atoms with Crippen molar-refractivity contribution in [1.82, 2.24) is 15.6 Å². The highest BCUT2D eigenvalue weighted by Gasteiger charge is 2.08. The van der Waals surface area contributed by atoms with Crippen molar-refractivity contribution in [2.45, 2.75) is 13.0 Å². The van der Waals surface area contributed by atoms with Crippen molar-refractivity contribution in [2.75, 3.05) is 13.6 Å². The number of carbonyl (C=O) groups is 1. The van der Waals surface area contributed by atoms with Gasteiger partial charge in [0.25, 0.3) is 0 Å². The quantitative estimate of drug-likeness (QED) is 0.744. The van der Waals surface area contributed by atoms with Gasteiger partial charge in [0.1, 0.15) is 5.01 Å². The van der Waals surface area contributed by atoms with Crippen molar-refractivity contribution in [3.63, 3.8) is 0 Å². The van der Waals surface area contributed by atoms with Gasteiger partial charge in [-0.15, -0.1) is 11.3 Å². The van der Waals surface area contributed by atoms with Gasteiger partial charge in [0, 0.05) is 18.6 Å².